The maximum absolute atomic E-state index is 12.8. The maximum atomic E-state index is 12.8. The summed E-state index contributed by atoms with van der Waals surface area (Å²) in [4.78, 5) is 16.5. The van der Waals surface area contributed by atoms with Gasteiger partial charge in [0.2, 0.25) is 10.0 Å². The highest BCUT2D eigenvalue weighted by Gasteiger charge is 2.15. The number of hydrogen-bond donors (Lipinski definition) is 2. The summed E-state index contributed by atoms with van der Waals surface area (Å²) in [5.74, 6) is -0.273. The second kappa shape index (κ2) is 11.2. The number of nitrogens with zero attached hydrogens (tertiary/aromatic N) is 4. The van der Waals surface area contributed by atoms with Gasteiger partial charge in [0, 0.05) is 23.9 Å². The fourth-order valence-corrected chi connectivity index (χ4v) is 4.78. The summed E-state index contributed by atoms with van der Waals surface area (Å²) in [6.07, 6.45) is 5.01. The van der Waals surface area contributed by atoms with Gasteiger partial charge in [0.25, 0.3) is 5.91 Å². The van der Waals surface area contributed by atoms with E-state index in [9.17, 15) is 13.2 Å². The Hall–Kier alpha value is -4.67. The van der Waals surface area contributed by atoms with Crippen molar-refractivity contribution in [3.63, 3.8) is 0 Å². The van der Waals surface area contributed by atoms with Gasteiger partial charge in [-0.1, -0.05) is 59.8 Å². The number of aromatic nitrogens is 4. The molecule has 3 aromatic carbocycles. The zero-order chi connectivity index (χ0) is 26.4. The molecule has 0 saturated carbocycles. The smallest absolute Gasteiger partial charge is 0.255 e. The lowest BCUT2D eigenvalue weighted by molar-refractivity contribution is 0.102. The first-order chi connectivity index (χ1) is 18.5. The van der Waals surface area contributed by atoms with Gasteiger partial charge in [0.05, 0.1) is 29.5 Å². The van der Waals surface area contributed by atoms with E-state index < -0.39 is 10.0 Å². The number of pyridine rings is 1. The van der Waals surface area contributed by atoms with Crippen molar-refractivity contribution in [2.45, 2.75) is 18.0 Å². The van der Waals surface area contributed by atoms with Crippen molar-refractivity contribution in [1.82, 2.24) is 24.7 Å². The minimum absolute atomic E-state index is 0.0857. The summed E-state index contributed by atoms with van der Waals surface area (Å²) in [5.41, 5.74) is 4.31. The molecule has 0 radical (unpaired) electrons. The predicted octanol–water partition coefficient (Wildman–Crippen LogP) is 4.12. The Kier molecular flexibility index (Phi) is 7.34. The van der Waals surface area contributed by atoms with E-state index in [2.05, 4.69) is 25.3 Å². The maximum Gasteiger partial charge on any atom is 0.255 e. The number of rotatable bonds is 9. The topological polar surface area (TPSA) is 119 Å². The molecule has 0 aliphatic rings. The Morgan fingerprint density at radius 2 is 1.61 bits per heavy atom. The molecule has 0 aliphatic heterocycles. The third-order valence-electron chi connectivity index (χ3n) is 5.79. The molecule has 9 nitrogen and oxygen atoms in total. The van der Waals surface area contributed by atoms with Crippen molar-refractivity contribution in [2.75, 3.05) is 5.32 Å². The van der Waals surface area contributed by atoms with Crippen LogP contribution in [0.4, 0.5) is 5.69 Å². The molecule has 0 aliphatic carbocycles. The summed E-state index contributed by atoms with van der Waals surface area (Å²) in [6, 6.07) is 26.6. The van der Waals surface area contributed by atoms with Gasteiger partial charge in [0.15, 0.2) is 0 Å². The van der Waals surface area contributed by atoms with Crippen LogP contribution in [0.1, 0.15) is 21.5 Å². The van der Waals surface area contributed by atoms with Crippen LogP contribution in [0.15, 0.2) is 114 Å². The lowest BCUT2D eigenvalue weighted by atomic mass is 10.1. The van der Waals surface area contributed by atoms with Crippen LogP contribution in [-0.4, -0.2) is 34.3 Å². The molecule has 5 aromatic rings. The van der Waals surface area contributed by atoms with Crippen LogP contribution >= 0.6 is 0 Å². The lowest BCUT2D eigenvalue weighted by Crippen LogP contribution is -2.23. The fraction of sp³-hybridized carbons (Fsp3) is 0.0714. The van der Waals surface area contributed by atoms with E-state index >= 15 is 0 Å². The minimum Gasteiger partial charge on any atom is -0.321 e. The van der Waals surface area contributed by atoms with Gasteiger partial charge < -0.3 is 5.32 Å². The monoisotopic (exact) mass is 524 g/mol. The number of hydrogen-bond acceptors (Lipinski definition) is 6. The molecule has 0 spiro atoms. The lowest BCUT2D eigenvalue weighted by Gasteiger charge is -2.09. The molecule has 10 heteroatoms. The Morgan fingerprint density at radius 1 is 0.842 bits per heavy atom. The second-order valence-electron chi connectivity index (χ2n) is 8.53. The Balaban J connectivity index is 1.18. The van der Waals surface area contributed by atoms with E-state index in [1.807, 2.05) is 36.5 Å². The molecular formula is C28H24N6O3S. The largest absolute Gasteiger partial charge is 0.321 e. The number of carbonyl (C=O) groups is 1. The average molecular weight is 525 g/mol. The third kappa shape index (κ3) is 6.17. The Labute approximate surface area is 220 Å². The highest BCUT2D eigenvalue weighted by atomic mass is 32.2. The number of sulfonamides is 1. The molecule has 1 amide bonds. The van der Waals surface area contributed by atoms with Crippen LogP contribution < -0.4 is 10.0 Å². The summed E-state index contributed by atoms with van der Waals surface area (Å²) in [6.45, 7) is 0.683. The molecule has 190 valence electrons. The highest BCUT2D eigenvalue weighted by molar-refractivity contribution is 7.89. The van der Waals surface area contributed by atoms with E-state index in [0.717, 1.165) is 16.7 Å². The van der Waals surface area contributed by atoms with Crippen molar-refractivity contribution < 1.29 is 13.2 Å². The zero-order valence-corrected chi connectivity index (χ0v) is 21.0. The number of carbonyl (C=O) groups excluding carboxylic acids is 1. The molecule has 0 saturated heterocycles. The first-order valence-corrected chi connectivity index (χ1v) is 13.3. The van der Waals surface area contributed by atoms with Crippen molar-refractivity contribution in [3.05, 3.63) is 126 Å². The van der Waals surface area contributed by atoms with E-state index in [-0.39, 0.29) is 17.3 Å². The number of benzene rings is 3. The molecule has 0 atom stereocenters. The summed E-state index contributed by atoms with van der Waals surface area (Å²) in [5, 5.41) is 11.1. The molecule has 2 heterocycles. The van der Waals surface area contributed by atoms with E-state index in [1.165, 1.54) is 0 Å². The van der Waals surface area contributed by atoms with Crippen molar-refractivity contribution in [1.29, 1.82) is 0 Å². The second-order valence-corrected chi connectivity index (χ2v) is 10.3. The first-order valence-electron chi connectivity index (χ1n) is 11.8. The molecule has 0 bridgehead atoms. The summed E-state index contributed by atoms with van der Waals surface area (Å²) >= 11 is 0. The third-order valence-corrected chi connectivity index (χ3v) is 7.21. The van der Waals surface area contributed by atoms with E-state index in [0.29, 0.717) is 23.5 Å². The first kappa shape index (κ1) is 25.0. The Bertz CT molecular complexity index is 1620. The van der Waals surface area contributed by atoms with E-state index in [1.54, 1.807) is 77.7 Å². The molecule has 0 unspecified atom stereocenters. The number of amides is 1. The summed E-state index contributed by atoms with van der Waals surface area (Å²) in [7, 11) is -3.74. The normalized spacial score (nSPS) is 11.3. The number of nitrogens with one attached hydrogen (secondary N) is 2. The van der Waals surface area contributed by atoms with Crippen molar-refractivity contribution >= 4 is 21.6 Å². The van der Waals surface area contributed by atoms with Gasteiger partial charge >= 0.3 is 0 Å². The SMILES string of the molecule is O=C(Nc1cccnc1)c1ccc(CNS(=O)(=O)c2ccc(-c3cn(Cc4ccccc4)nn3)cc2)cc1. The fourth-order valence-electron chi connectivity index (χ4n) is 3.76. The van der Waals surface area contributed by atoms with Crippen LogP contribution in [0.5, 0.6) is 0 Å². The Morgan fingerprint density at radius 3 is 2.32 bits per heavy atom. The molecule has 2 aromatic heterocycles. The molecule has 2 N–H and O–H groups in total. The molecular weight excluding hydrogens is 500 g/mol. The van der Waals surface area contributed by atoms with Gasteiger partial charge in [0.1, 0.15) is 5.69 Å². The van der Waals surface area contributed by atoms with Gasteiger partial charge in [-0.05, 0) is 47.5 Å². The van der Waals surface area contributed by atoms with Crippen molar-refractivity contribution in [3.8, 4) is 11.3 Å². The van der Waals surface area contributed by atoms with Gasteiger partial charge in [-0.3, -0.25) is 9.78 Å². The van der Waals surface area contributed by atoms with Crippen molar-refractivity contribution in [2.24, 2.45) is 0 Å². The molecule has 38 heavy (non-hydrogen) atoms. The molecule has 5 rings (SSSR count). The quantitative estimate of drug-likeness (QED) is 0.299. The van der Waals surface area contributed by atoms with Gasteiger partial charge in [-0.2, -0.15) is 0 Å². The van der Waals surface area contributed by atoms with Crippen LogP contribution in [-0.2, 0) is 23.1 Å². The summed E-state index contributed by atoms with van der Waals surface area (Å²) < 4.78 is 30.0. The van der Waals surface area contributed by atoms with Crippen LogP contribution in [0, 0.1) is 0 Å². The van der Waals surface area contributed by atoms with E-state index in [4.69, 9.17) is 0 Å². The average Bonchev–Trinajstić information content (AvgIpc) is 3.42. The van der Waals surface area contributed by atoms with Crippen LogP contribution in [0.25, 0.3) is 11.3 Å². The van der Waals surface area contributed by atoms with Crippen LogP contribution in [0.2, 0.25) is 0 Å². The van der Waals surface area contributed by atoms with Gasteiger partial charge in [-0.25, -0.2) is 17.8 Å². The zero-order valence-electron chi connectivity index (χ0n) is 20.2. The highest BCUT2D eigenvalue weighted by Crippen LogP contribution is 2.20. The predicted molar refractivity (Wildman–Crippen MR) is 144 cm³/mol. The van der Waals surface area contributed by atoms with Crippen LogP contribution in [0.3, 0.4) is 0 Å². The minimum atomic E-state index is -3.74. The number of anilines is 1. The van der Waals surface area contributed by atoms with Gasteiger partial charge in [-0.15, -0.1) is 5.10 Å². The molecule has 0 fully saturated rings. The standard InChI is InChI=1S/C28H24N6O3S/c35-28(31-25-7-4-16-29-18-25)24-10-8-21(9-11-24)17-30-38(36,37)26-14-12-23(13-15-26)27-20-34(33-32-27)19-22-5-2-1-3-6-22/h1-16,18,20,30H,17,19H2,(H,31,35).